The number of ether oxygens (including phenoxy) is 2. The van der Waals surface area contributed by atoms with E-state index in [-0.39, 0.29) is 24.3 Å². The second kappa shape index (κ2) is 8.80. The molecule has 136 valence electrons. The van der Waals surface area contributed by atoms with Crippen LogP contribution in [0.3, 0.4) is 0 Å². The maximum Gasteiger partial charge on any atom is 0.341 e. The van der Waals surface area contributed by atoms with Gasteiger partial charge in [0.15, 0.2) is 6.54 Å². The molecule has 0 aromatic carbocycles. The van der Waals surface area contributed by atoms with E-state index >= 15 is 0 Å². The zero-order valence-corrected chi connectivity index (χ0v) is 16.2. The van der Waals surface area contributed by atoms with Crippen LogP contribution in [0.15, 0.2) is 0 Å². The van der Waals surface area contributed by atoms with Crippen LogP contribution in [0.4, 0.5) is 5.00 Å². The van der Waals surface area contributed by atoms with Crippen molar-refractivity contribution in [2.24, 2.45) is 0 Å². The molecule has 2 rings (SSSR count). The summed E-state index contributed by atoms with van der Waals surface area (Å²) in [6.45, 7) is 9.27. The van der Waals surface area contributed by atoms with Crippen LogP contribution in [-0.4, -0.2) is 62.9 Å². The highest BCUT2D eigenvalue weighted by atomic mass is 35.5. The van der Waals surface area contributed by atoms with Crippen molar-refractivity contribution in [3.63, 3.8) is 0 Å². The zero-order chi connectivity index (χ0) is 17.0. The smallest absolute Gasteiger partial charge is 0.341 e. The predicted octanol–water partition coefficient (Wildman–Crippen LogP) is -1.04. The highest BCUT2D eigenvalue weighted by molar-refractivity contribution is 7.16. The first-order valence-corrected chi connectivity index (χ1v) is 8.66. The van der Waals surface area contributed by atoms with Crippen LogP contribution >= 0.6 is 11.3 Å². The Morgan fingerprint density at radius 1 is 1.29 bits per heavy atom. The Balaban J connectivity index is 0.00000288. The number of hydrogen-bond donors (Lipinski definition) is 1. The van der Waals surface area contributed by atoms with Crippen LogP contribution in [-0.2, 0) is 14.3 Å². The van der Waals surface area contributed by atoms with E-state index < -0.39 is 0 Å². The SMILES string of the molecule is CCOC(=O)c1c(NC(=O)C[N+]2(C)CCOCC2)sc(C)c1C.[Cl-]. The molecule has 0 unspecified atom stereocenters. The van der Waals surface area contributed by atoms with Gasteiger partial charge in [-0.05, 0) is 26.3 Å². The van der Waals surface area contributed by atoms with Crippen LogP contribution in [0.25, 0.3) is 0 Å². The summed E-state index contributed by atoms with van der Waals surface area (Å²) in [5.41, 5.74) is 1.35. The van der Waals surface area contributed by atoms with Gasteiger partial charge in [-0.25, -0.2) is 4.79 Å². The molecule has 0 bridgehead atoms. The molecule has 1 aromatic heterocycles. The van der Waals surface area contributed by atoms with E-state index in [9.17, 15) is 9.59 Å². The van der Waals surface area contributed by atoms with Crippen molar-refractivity contribution >= 4 is 28.2 Å². The Morgan fingerprint density at radius 2 is 1.92 bits per heavy atom. The second-order valence-electron chi connectivity index (χ2n) is 6.09. The number of hydrogen-bond acceptors (Lipinski definition) is 5. The van der Waals surface area contributed by atoms with Gasteiger partial charge in [-0.3, -0.25) is 4.79 Å². The summed E-state index contributed by atoms with van der Waals surface area (Å²) in [5.74, 6) is -0.461. The summed E-state index contributed by atoms with van der Waals surface area (Å²) in [6.07, 6.45) is 0. The van der Waals surface area contributed by atoms with Gasteiger partial charge in [0.2, 0.25) is 0 Å². The van der Waals surface area contributed by atoms with Crippen molar-refractivity contribution in [3.8, 4) is 0 Å². The van der Waals surface area contributed by atoms with Gasteiger partial charge in [-0.2, -0.15) is 0 Å². The number of carbonyl (C=O) groups is 2. The number of anilines is 1. The lowest BCUT2D eigenvalue weighted by Gasteiger charge is -2.36. The number of rotatable bonds is 5. The average Bonchev–Trinajstić information content (AvgIpc) is 2.73. The monoisotopic (exact) mass is 376 g/mol. The summed E-state index contributed by atoms with van der Waals surface area (Å²) in [6, 6.07) is 0. The first kappa shape index (κ1) is 20.9. The van der Waals surface area contributed by atoms with E-state index in [0.29, 0.717) is 41.4 Å². The molecular formula is C16H25ClN2O4S. The Hall–Kier alpha value is -1.15. The zero-order valence-electron chi connectivity index (χ0n) is 14.6. The number of morpholine rings is 1. The molecular weight excluding hydrogens is 352 g/mol. The normalized spacial score (nSPS) is 16.2. The number of esters is 1. The molecule has 1 aliphatic heterocycles. The number of likely N-dealkylation sites (N-methyl/N-ethyl adjacent to an activating group) is 1. The number of quaternary nitrogens is 1. The molecule has 24 heavy (non-hydrogen) atoms. The first-order valence-electron chi connectivity index (χ1n) is 7.84. The minimum atomic E-state index is -0.378. The Morgan fingerprint density at radius 3 is 2.50 bits per heavy atom. The summed E-state index contributed by atoms with van der Waals surface area (Å²) in [7, 11) is 2.05. The van der Waals surface area contributed by atoms with Crippen LogP contribution in [0.2, 0.25) is 0 Å². The minimum absolute atomic E-state index is 0. The van der Waals surface area contributed by atoms with Gasteiger partial charge in [0.25, 0.3) is 5.91 Å². The minimum Gasteiger partial charge on any atom is -1.00 e. The molecule has 1 fully saturated rings. The molecule has 1 amide bonds. The van der Waals surface area contributed by atoms with Crippen molar-refractivity contribution in [2.45, 2.75) is 20.8 Å². The molecule has 1 aromatic rings. The first-order chi connectivity index (χ1) is 10.9. The van der Waals surface area contributed by atoms with E-state index in [1.807, 2.05) is 13.8 Å². The second-order valence-corrected chi connectivity index (χ2v) is 7.32. The molecule has 8 heteroatoms. The number of nitrogens with one attached hydrogen (secondary N) is 1. The highest BCUT2D eigenvalue weighted by Gasteiger charge is 2.29. The maximum atomic E-state index is 12.4. The summed E-state index contributed by atoms with van der Waals surface area (Å²) in [4.78, 5) is 25.6. The topological polar surface area (TPSA) is 64.6 Å². The lowest BCUT2D eigenvalue weighted by atomic mass is 10.1. The molecule has 0 saturated carbocycles. The number of carbonyl (C=O) groups excluding carboxylic acids is 2. The van der Waals surface area contributed by atoms with Gasteiger partial charge in [0.05, 0.1) is 32.4 Å². The van der Waals surface area contributed by atoms with Gasteiger partial charge in [0.1, 0.15) is 18.1 Å². The van der Waals surface area contributed by atoms with E-state index in [4.69, 9.17) is 9.47 Å². The van der Waals surface area contributed by atoms with Crippen LogP contribution < -0.4 is 17.7 Å². The number of thiophene rings is 1. The number of aryl methyl sites for hydroxylation is 1. The molecule has 1 aliphatic rings. The standard InChI is InChI=1S/C16H24N2O4S.ClH/c1-5-22-16(20)14-11(2)12(3)23-15(14)17-13(19)10-18(4)6-8-21-9-7-18;/h5-10H2,1-4H3;1H. The number of halogens is 1. The lowest BCUT2D eigenvalue weighted by Crippen LogP contribution is -3.00. The molecule has 2 heterocycles. The summed E-state index contributed by atoms with van der Waals surface area (Å²) in [5, 5.41) is 3.49. The van der Waals surface area contributed by atoms with Crippen molar-refractivity contribution in [1.82, 2.24) is 0 Å². The van der Waals surface area contributed by atoms with Gasteiger partial charge < -0.3 is 31.7 Å². The number of amides is 1. The van der Waals surface area contributed by atoms with Gasteiger partial charge in [-0.15, -0.1) is 11.3 Å². The fraction of sp³-hybridized carbons (Fsp3) is 0.625. The van der Waals surface area contributed by atoms with E-state index in [1.165, 1.54) is 11.3 Å². The third-order valence-electron chi connectivity index (χ3n) is 4.19. The molecule has 1 N–H and O–H groups in total. The van der Waals surface area contributed by atoms with Crippen LogP contribution in [0, 0.1) is 13.8 Å². The lowest BCUT2D eigenvalue weighted by molar-refractivity contribution is -0.909. The molecule has 1 saturated heterocycles. The van der Waals surface area contributed by atoms with Crippen molar-refractivity contribution < 1.29 is 36.0 Å². The Labute approximate surface area is 153 Å². The van der Waals surface area contributed by atoms with E-state index in [1.54, 1.807) is 6.92 Å². The predicted molar refractivity (Wildman–Crippen MR) is 90.0 cm³/mol. The number of nitrogens with zero attached hydrogens (tertiary/aromatic N) is 1. The van der Waals surface area contributed by atoms with Crippen LogP contribution in [0.1, 0.15) is 27.7 Å². The third-order valence-corrected chi connectivity index (χ3v) is 5.32. The maximum absolute atomic E-state index is 12.4. The Bertz CT molecular complexity index is 597. The molecule has 0 spiro atoms. The summed E-state index contributed by atoms with van der Waals surface area (Å²) >= 11 is 1.42. The van der Waals surface area contributed by atoms with Gasteiger partial charge in [-0.1, -0.05) is 0 Å². The highest BCUT2D eigenvalue weighted by Crippen LogP contribution is 2.33. The third kappa shape index (κ3) is 4.92. The van der Waals surface area contributed by atoms with Gasteiger partial charge >= 0.3 is 5.97 Å². The molecule has 0 aliphatic carbocycles. The fourth-order valence-electron chi connectivity index (χ4n) is 2.62. The van der Waals surface area contributed by atoms with Crippen molar-refractivity contribution in [1.29, 1.82) is 0 Å². The van der Waals surface area contributed by atoms with E-state index in [2.05, 4.69) is 12.4 Å². The van der Waals surface area contributed by atoms with E-state index in [0.717, 1.165) is 23.5 Å². The molecule has 6 nitrogen and oxygen atoms in total. The Kier molecular flexibility index (Phi) is 7.66. The summed E-state index contributed by atoms with van der Waals surface area (Å²) < 4.78 is 11.1. The quantitative estimate of drug-likeness (QED) is 0.527. The van der Waals surface area contributed by atoms with Crippen LogP contribution in [0.5, 0.6) is 0 Å². The molecule has 0 radical (unpaired) electrons. The average molecular weight is 377 g/mol. The fourth-order valence-corrected chi connectivity index (χ4v) is 3.68. The largest absolute Gasteiger partial charge is 1.00 e. The van der Waals surface area contributed by atoms with Crippen molar-refractivity contribution in [3.05, 3.63) is 16.0 Å². The van der Waals surface area contributed by atoms with Crippen molar-refractivity contribution in [2.75, 3.05) is 51.8 Å². The molecule has 0 atom stereocenters. The van der Waals surface area contributed by atoms with Gasteiger partial charge in [0, 0.05) is 4.88 Å².